The second-order valence-corrected chi connectivity index (χ2v) is 3.29. The van der Waals surface area contributed by atoms with Crippen molar-refractivity contribution in [2.75, 3.05) is 0 Å². The van der Waals surface area contributed by atoms with Crippen LogP contribution in [0.2, 0.25) is 10.0 Å². The second-order valence-electron chi connectivity index (χ2n) is 2.48. The molecule has 0 unspecified atom stereocenters. The number of nitrogens with two attached hydrogens (primary N) is 1. The van der Waals surface area contributed by atoms with E-state index in [9.17, 15) is 4.79 Å². The van der Waals surface area contributed by atoms with Gasteiger partial charge in [0.15, 0.2) is 0 Å². The van der Waals surface area contributed by atoms with Crippen LogP contribution in [0.15, 0.2) is 24.3 Å². The molecule has 0 fully saturated rings. The van der Waals surface area contributed by atoms with E-state index in [0.717, 1.165) is 0 Å². The van der Waals surface area contributed by atoms with Crippen molar-refractivity contribution in [2.24, 2.45) is 5.84 Å². The third-order valence-corrected chi connectivity index (χ3v) is 2.20. The predicted molar refractivity (Wildman–Crippen MR) is 57.8 cm³/mol. The van der Waals surface area contributed by atoms with Gasteiger partial charge >= 0.3 is 0 Å². The number of hydrazine groups is 1. The van der Waals surface area contributed by atoms with Gasteiger partial charge in [0.05, 0.1) is 0 Å². The van der Waals surface area contributed by atoms with Gasteiger partial charge in [-0.25, -0.2) is 5.84 Å². The molecule has 0 saturated heterocycles. The van der Waals surface area contributed by atoms with Crippen LogP contribution in [-0.2, 0) is 4.79 Å². The highest BCUT2D eigenvalue weighted by molar-refractivity contribution is 6.37. The van der Waals surface area contributed by atoms with Gasteiger partial charge in [0.25, 0.3) is 5.91 Å². The molecule has 1 rings (SSSR count). The summed E-state index contributed by atoms with van der Waals surface area (Å²) in [5.41, 5.74) is 2.56. The van der Waals surface area contributed by atoms with Crippen LogP contribution in [-0.4, -0.2) is 5.91 Å². The van der Waals surface area contributed by atoms with Crippen LogP contribution < -0.4 is 11.3 Å². The van der Waals surface area contributed by atoms with E-state index >= 15 is 0 Å². The Morgan fingerprint density at radius 2 is 1.93 bits per heavy atom. The molecule has 3 N–H and O–H groups in total. The van der Waals surface area contributed by atoms with E-state index in [1.54, 1.807) is 18.2 Å². The maximum atomic E-state index is 10.8. The van der Waals surface area contributed by atoms with Gasteiger partial charge in [-0.1, -0.05) is 29.3 Å². The molecular formula is C9H8Cl2N2O. The number of halogens is 2. The number of hydrogen-bond acceptors (Lipinski definition) is 2. The Morgan fingerprint density at radius 1 is 1.36 bits per heavy atom. The van der Waals surface area contributed by atoms with E-state index in [1.165, 1.54) is 12.2 Å². The van der Waals surface area contributed by atoms with E-state index in [2.05, 4.69) is 0 Å². The second kappa shape index (κ2) is 5.00. The minimum Gasteiger partial charge on any atom is -0.291 e. The largest absolute Gasteiger partial charge is 0.291 e. The van der Waals surface area contributed by atoms with Gasteiger partial charge in [-0.3, -0.25) is 10.2 Å². The van der Waals surface area contributed by atoms with Gasteiger partial charge in [-0.05, 0) is 18.2 Å². The first kappa shape index (κ1) is 11.0. The Labute approximate surface area is 91.5 Å². The first-order chi connectivity index (χ1) is 6.65. The van der Waals surface area contributed by atoms with Crippen LogP contribution in [0.1, 0.15) is 5.56 Å². The molecule has 5 heteroatoms. The van der Waals surface area contributed by atoms with Crippen molar-refractivity contribution in [1.29, 1.82) is 0 Å². The maximum absolute atomic E-state index is 10.8. The highest BCUT2D eigenvalue weighted by Crippen LogP contribution is 2.25. The summed E-state index contributed by atoms with van der Waals surface area (Å²) in [5.74, 6) is 4.48. The minimum atomic E-state index is -0.416. The molecule has 0 aliphatic heterocycles. The topological polar surface area (TPSA) is 55.1 Å². The third kappa shape index (κ3) is 2.73. The highest BCUT2D eigenvalue weighted by atomic mass is 35.5. The van der Waals surface area contributed by atoms with Crippen LogP contribution in [0, 0.1) is 0 Å². The average molecular weight is 231 g/mol. The molecule has 0 radical (unpaired) electrons. The predicted octanol–water partition coefficient (Wildman–Crippen LogP) is 2.00. The molecule has 14 heavy (non-hydrogen) atoms. The zero-order valence-electron chi connectivity index (χ0n) is 7.13. The van der Waals surface area contributed by atoms with Crippen LogP contribution in [0.25, 0.3) is 6.08 Å². The Balaban J connectivity index is 2.96. The van der Waals surface area contributed by atoms with Crippen molar-refractivity contribution in [3.05, 3.63) is 39.9 Å². The summed E-state index contributed by atoms with van der Waals surface area (Å²) >= 11 is 11.7. The number of amides is 1. The van der Waals surface area contributed by atoms with E-state index in [0.29, 0.717) is 15.6 Å². The summed E-state index contributed by atoms with van der Waals surface area (Å²) in [6, 6.07) is 5.10. The number of carbonyl (C=O) groups excluding carboxylic acids is 1. The van der Waals surface area contributed by atoms with Crippen LogP contribution >= 0.6 is 23.2 Å². The standard InChI is InChI=1S/C9H8Cl2N2O/c10-7-2-1-3-8(11)6(7)4-5-9(14)13-12/h1-5H,12H2,(H,13,14)/b5-4+. The quantitative estimate of drug-likeness (QED) is 0.354. The molecule has 3 nitrogen and oxygen atoms in total. The van der Waals surface area contributed by atoms with Crippen molar-refractivity contribution in [1.82, 2.24) is 5.43 Å². The molecule has 0 aliphatic rings. The molecule has 1 aromatic rings. The van der Waals surface area contributed by atoms with Crippen molar-refractivity contribution >= 4 is 35.2 Å². The lowest BCUT2D eigenvalue weighted by atomic mass is 10.2. The monoisotopic (exact) mass is 230 g/mol. The van der Waals surface area contributed by atoms with Crippen LogP contribution in [0.4, 0.5) is 0 Å². The molecule has 0 heterocycles. The van der Waals surface area contributed by atoms with Crippen molar-refractivity contribution in [2.45, 2.75) is 0 Å². The molecule has 74 valence electrons. The molecule has 0 atom stereocenters. The first-order valence-corrected chi connectivity index (χ1v) is 4.53. The number of nitrogens with one attached hydrogen (secondary N) is 1. The van der Waals surface area contributed by atoms with Crippen molar-refractivity contribution in [3.8, 4) is 0 Å². The van der Waals surface area contributed by atoms with Gasteiger partial charge in [-0.15, -0.1) is 0 Å². The van der Waals surface area contributed by atoms with Crippen molar-refractivity contribution in [3.63, 3.8) is 0 Å². The lowest BCUT2D eigenvalue weighted by Crippen LogP contribution is -2.27. The fraction of sp³-hybridized carbons (Fsp3) is 0. The number of hydrogen-bond donors (Lipinski definition) is 2. The minimum absolute atomic E-state index is 0.416. The Bertz CT molecular complexity index is 357. The summed E-state index contributed by atoms with van der Waals surface area (Å²) in [7, 11) is 0. The van der Waals surface area contributed by atoms with E-state index < -0.39 is 5.91 Å². The Morgan fingerprint density at radius 3 is 2.43 bits per heavy atom. The summed E-state index contributed by atoms with van der Waals surface area (Å²) in [4.78, 5) is 10.8. The first-order valence-electron chi connectivity index (χ1n) is 3.78. The van der Waals surface area contributed by atoms with Crippen LogP contribution in [0.5, 0.6) is 0 Å². The van der Waals surface area contributed by atoms with Gasteiger partial charge in [-0.2, -0.15) is 0 Å². The molecule has 0 spiro atoms. The average Bonchev–Trinajstić information content (AvgIpc) is 2.16. The molecule has 1 aromatic carbocycles. The number of carbonyl (C=O) groups is 1. The molecular weight excluding hydrogens is 223 g/mol. The normalized spacial score (nSPS) is 10.5. The number of benzene rings is 1. The van der Waals surface area contributed by atoms with Crippen molar-refractivity contribution < 1.29 is 4.79 Å². The summed E-state index contributed by atoms with van der Waals surface area (Å²) < 4.78 is 0. The van der Waals surface area contributed by atoms with Gasteiger partial charge < -0.3 is 0 Å². The lowest BCUT2D eigenvalue weighted by molar-refractivity contribution is -0.116. The lowest BCUT2D eigenvalue weighted by Gasteiger charge is -2.00. The highest BCUT2D eigenvalue weighted by Gasteiger charge is 2.01. The third-order valence-electron chi connectivity index (χ3n) is 1.54. The van der Waals surface area contributed by atoms with Gasteiger partial charge in [0, 0.05) is 21.7 Å². The van der Waals surface area contributed by atoms with Gasteiger partial charge in [0.1, 0.15) is 0 Å². The Hall–Kier alpha value is -1.03. The summed E-state index contributed by atoms with van der Waals surface area (Å²) in [6.45, 7) is 0. The van der Waals surface area contributed by atoms with E-state index in [-0.39, 0.29) is 0 Å². The SMILES string of the molecule is NNC(=O)/C=C/c1c(Cl)cccc1Cl. The van der Waals surface area contributed by atoms with E-state index in [1.807, 2.05) is 5.43 Å². The zero-order chi connectivity index (χ0) is 10.6. The maximum Gasteiger partial charge on any atom is 0.257 e. The molecule has 0 bridgehead atoms. The fourth-order valence-electron chi connectivity index (χ4n) is 0.877. The smallest absolute Gasteiger partial charge is 0.257 e. The molecule has 0 saturated carbocycles. The summed E-state index contributed by atoms with van der Waals surface area (Å²) in [6.07, 6.45) is 2.76. The molecule has 0 aliphatic carbocycles. The van der Waals surface area contributed by atoms with Crippen LogP contribution in [0.3, 0.4) is 0 Å². The number of rotatable bonds is 2. The van der Waals surface area contributed by atoms with E-state index in [4.69, 9.17) is 29.0 Å². The molecule has 1 amide bonds. The Kier molecular flexibility index (Phi) is 3.95. The summed E-state index contributed by atoms with van der Waals surface area (Å²) in [5, 5.41) is 0.970. The zero-order valence-corrected chi connectivity index (χ0v) is 8.64. The molecule has 0 aromatic heterocycles. The van der Waals surface area contributed by atoms with Gasteiger partial charge in [0.2, 0.25) is 0 Å². The fourth-order valence-corrected chi connectivity index (χ4v) is 1.40.